The number of anilines is 1. The average molecular weight is 664 g/mol. The Hall–Kier alpha value is -3.43. The molecule has 2 heterocycles. The van der Waals surface area contributed by atoms with Crippen molar-refractivity contribution in [3.05, 3.63) is 57.1 Å². The fraction of sp³-hybridized carbons (Fsp3) is 0.500. The summed E-state index contributed by atoms with van der Waals surface area (Å²) in [5.74, 6) is 4.36. The average Bonchev–Trinajstić information content (AvgIpc) is 3.93. The maximum atomic E-state index is 14.3. The molecule has 0 bridgehead atoms. The van der Waals surface area contributed by atoms with Crippen LogP contribution in [0.4, 0.5) is 23.1 Å². The van der Waals surface area contributed by atoms with Gasteiger partial charge in [0.25, 0.3) is 11.8 Å². The number of amides is 4. The van der Waals surface area contributed by atoms with Crippen molar-refractivity contribution in [3.63, 3.8) is 0 Å². The summed E-state index contributed by atoms with van der Waals surface area (Å²) in [6, 6.07) is 2.55. The number of alkyl halides is 3. The van der Waals surface area contributed by atoms with E-state index in [-0.39, 0.29) is 28.6 Å². The summed E-state index contributed by atoms with van der Waals surface area (Å²) in [7, 11) is 0. The van der Waals surface area contributed by atoms with Crippen LogP contribution in [0, 0.1) is 11.8 Å². The van der Waals surface area contributed by atoms with Gasteiger partial charge in [0.1, 0.15) is 17.1 Å². The van der Waals surface area contributed by atoms with Gasteiger partial charge in [-0.15, -0.1) is 11.3 Å². The Morgan fingerprint density at radius 2 is 1.80 bits per heavy atom. The second-order valence-electron chi connectivity index (χ2n) is 11.9. The molecule has 2 atom stereocenters. The topological polar surface area (TPSA) is 129 Å². The normalized spacial score (nSPS) is 19.1. The third-order valence-electron chi connectivity index (χ3n) is 7.86. The number of nitrogens with one attached hydrogen (secondary N) is 1. The summed E-state index contributed by atoms with van der Waals surface area (Å²) in [6.07, 6.45) is 1.34. The van der Waals surface area contributed by atoms with Crippen LogP contribution in [-0.4, -0.2) is 57.5 Å². The number of hydrogen-bond acceptors (Lipinski definition) is 9. The van der Waals surface area contributed by atoms with E-state index in [0.717, 1.165) is 65.9 Å². The Morgan fingerprint density at radius 1 is 1.13 bits per heavy atom. The number of hydrazine groups is 1. The number of carbonyl (C=O) groups is 3. The first-order valence-corrected chi connectivity index (χ1v) is 16.4. The van der Waals surface area contributed by atoms with Gasteiger partial charge in [-0.3, -0.25) is 29.6 Å². The number of carbonyl (C=O) groups excluding carboxylic acids is 4. The van der Waals surface area contributed by atoms with E-state index < -0.39 is 41.0 Å². The summed E-state index contributed by atoms with van der Waals surface area (Å²) in [6.45, 7) is 6.43. The van der Waals surface area contributed by atoms with E-state index in [1.165, 1.54) is 30.4 Å². The Morgan fingerprint density at radius 3 is 2.33 bits per heavy atom. The number of thioether (sulfide) groups is 1. The monoisotopic (exact) mass is 663 g/mol. The molecular formula is C30H34F3N6O4S2. The minimum Gasteiger partial charge on any atom is -0.345 e. The van der Waals surface area contributed by atoms with Crippen molar-refractivity contribution in [1.29, 1.82) is 0 Å². The summed E-state index contributed by atoms with van der Waals surface area (Å²) >= 11 is 2.18. The van der Waals surface area contributed by atoms with Gasteiger partial charge in [0.2, 0.25) is 6.29 Å². The molecule has 0 spiro atoms. The molecule has 1 radical (unpaired) electrons. The lowest BCUT2D eigenvalue weighted by atomic mass is 10.1. The van der Waals surface area contributed by atoms with Crippen molar-refractivity contribution in [1.82, 2.24) is 20.2 Å². The highest BCUT2D eigenvalue weighted by Gasteiger charge is 2.44. The Bertz CT molecular complexity index is 1490. The molecule has 15 heteroatoms. The number of hydrogen-bond donors (Lipinski definition) is 2. The fourth-order valence-electron chi connectivity index (χ4n) is 5.26. The lowest BCUT2D eigenvalue weighted by molar-refractivity contribution is -0.137. The van der Waals surface area contributed by atoms with Crippen molar-refractivity contribution < 1.29 is 32.3 Å². The van der Waals surface area contributed by atoms with Gasteiger partial charge in [-0.2, -0.15) is 13.2 Å². The Balaban J connectivity index is 1.48. The molecule has 1 aromatic carbocycles. The number of imide groups is 1. The van der Waals surface area contributed by atoms with E-state index in [1.807, 2.05) is 11.7 Å². The highest BCUT2D eigenvalue weighted by Crippen LogP contribution is 2.49. The predicted octanol–water partition coefficient (Wildman–Crippen LogP) is 5.60. The maximum Gasteiger partial charge on any atom is 0.416 e. The quantitative estimate of drug-likeness (QED) is 0.138. The minimum absolute atomic E-state index is 0.0194. The van der Waals surface area contributed by atoms with Gasteiger partial charge in [-0.1, -0.05) is 50.6 Å². The van der Waals surface area contributed by atoms with E-state index in [0.29, 0.717) is 22.7 Å². The molecule has 241 valence electrons. The first kappa shape index (κ1) is 32.9. The zero-order valence-electron chi connectivity index (χ0n) is 25.0. The van der Waals surface area contributed by atoms with Gasteiger partial charge in [0, 0.05) is 23.7 Å². The highest BCUT2D eigenvalue weighted by molar-refractivity contribution is 8.04. The maximum absolute atomic E-state index is 14.3. The summed E-state index contributed by atoms with van der Waals surface area (Å²) < 4.78 is 39.6. The smallest absolute Gasteiger partial charge is 0.345 e. The molecule has 4 amide bonds. The SMILES string of the molecule is CC1=C(C(=O)N(C(=O)c2csc(N(CC(C)C)C3CC3)n2)[C@H]([C]=O)CC2CC2)SC(c2ccc(C(F)(F)F)cc2)N1C(=O)NN. The van der Waals surface area contributed by atoms with E-state index in [9.17, 15) is 32.3 Å². The lowest BCUT2D eigenvalue weighted by Gasteiger charge is -2.26. The Kier molecular flexibility index (Phi) is 9.61. The molecule has 2 saturated carbocycles. The van der Waals surface area contributed by atoms with Crippen molar-refractivity contribution in [2.75, 3.05) is 11.4 Å². The highest BCUT2D eigenvalue weighted by atomic mass is 32.2. The molecule has 5 rings (SSSR count). The standard InChI is InChI=1S/C30H34F3N6O4S2/c1-16(2)13-37(21-10-11-21)29-35-23(15-44-29)25(41)39(22(14-40)12-18-4-5-18)26(42)24-17(3)38(28(43)36-34)27(45-24)19-6-8-20(9-7-19)30(31,32)33/h6-9,15-16,18,21-22,27H,4-5,10-13,34H2,1-3H3,(H,36,43)/t22-,27?/m0/s1. The van der Waals surface area contributed by atoms with Crippen molar-refractivity contribution >= 4 is 52.4 Å². The van der Waals surface area contributed by atoms with Crippen LogP contribution in [0.25, 0.3) is 0 Å². The molecule has 3 N–H and O–H groups in total. The van der Waals surface area contributed by atoms with Gasteiger partial charge < -0.3 is 4.90 Å². The number of allylic oxidation sites excluding steroid dienone is 1. The van der Waals surface area contributed by atoms with Crippen molar-refractivity contribution in [2.24, 2.45) is 17.7 Å². The van der Waals surface area contributed by atoms with Gasteiger partial charge in [0.15, 0.2) is 5.13 Å². The molecule has 1 aliphatic heterocycles. The number of benzene rings is 1. The van der Waals surface area contributed by atoms with Crippen molar-refractivity contribution in [2.45, 2.75) is 76.5 Å². The summed E-state index contributed by atoms with van der Waals surface area (Å²) in [5.41, 5.74) is 1.58. The Labute approximate surface area is 267 Å². The number of urea groups is 1. The number of aromatic nitrogens is 1. The molecule has 2 aliphatic carbocycles. The van der Waals surface area contributed by atoms with Crippen LogP contribution in [0.2, 0.25) is 0 Å². The largest absolute Gasteiger partial charge is 0.416 e. The van der Waals surface area contributed by atoms with Gasteiger partial charge in [-0.25, -0.2) is 15.6 Å². The summed E-state index contributed by atoms with van der Waals surface area (Å²) in [5, 5.41) is 1.27. The predicted molar refractivity (Wildman–Crippen MR) is 164 cm³/mol. The zero-order chi connectivity index (χ0) is 32.6. The van der Waals surface area contributed by atoms with Crippen LogP contribution in [0.5, 0.6) is 0 Å². The van der Waals surface area contributed by atoms with Crippen molar-refractivity contribution in [3.8, 4) is 0 Å². The molecule has 45 heavy (non-hydrogen) atoms. The molecule has 1 aromatic heterocycles. The van der Waals surface area contributed by atoms with Crippen LogP contribution >= 0.6 is 23.1 Å². The molecule has 0 saturated heterocycles. The fourth-order valence-corrected chi connectivity index (χ4v) is 7.49. The van der Waals surface area contributed by atoms with E-state index in [2.05, 4.69) is 23.7 Å². The minimum atomic E-state index is -4.56. The molecule has 2 fully saturated rings. The first-order valence-electron chi connectivity index (χ1n) is 14.7. The second kappa shape index (κ2) is 13.1. The van der Waals surface area contributed by atoms with Gasteiger partial charge >= 0.3 is 12.2 Å². The van der Waals surface area contributed by atoms with Crippen LogP contribution in [0.1, 0.15) is 79.9 Å². The number of halogens is 3. The summed E-state index contributed by atoms with van der Waals surface area (Å²) in [4.78, 5) is 62.2. The number of nitrogens with two attached hydrogens (primary N) is 1. The van der Waals surface area contributed by atoms with Crippen LogP contribution in [0.3, 0.4) is 0 Å². The van der Waals surface area contributed by atoms with Crippen LogP contribution < -0.4 is 16.2 Å². The molecule has 3 aliphatic rings. The molecule has 10 nitrogen and oxygen atoms in total. The lowest BCUT2D eigenvalue weighted by Crippen LogP contribution is -2.46. The van der Waals surface area contributed by atoms with Crippen LogP contribution in [0.15, 0.2) is 40.2 Å². The third kappa shape index (κ3) is 7.20. The van der Waals surface area contributed by atoms with Gasteiger partial charge in [-0.05, 0) is 55.7 Å². The molecular weight excluding hydrogens is 629 g/mol. The third-order valence-corrected chi connectivity index (χ3v) is 10.1. The number of thiazole rings is 1. The van der Waals surface area contributed by atoms with E-state index in [4.69, 9.17) is 5.84 Å². The van der Waals surface area contributed by atoms with E-state index in [1.54, 1.807) is 5.38 Å². The molecule has 2 aromatic rings. The first-order chi connectivity index (χ1) is 21.3. The van der Waals surface area contributed by atoms with E-state index >= 15 is 0 Å². The zero-order valence-corrected chi connectivity index (χ0v) is 26.6. The number of nitrogens with zero attached hydrogens (tertiary/aromatic N) is 4. The van der Waals surface area contributed by atoms with Crippen LogP contribution in [-0.2, 0) is 15.8 Å². The molecule has 1 unspecified atom stereocenters. The van der Waals surface area contributed by atoms with Gasteiger partial charge in [0.05, 0.1) is 10.5 Å². The second-order valence-corrected chi connectivity index (χ2v) is 13.8. The number of rotatable bonds is 11.